The highest BCUT2D eigenvalue weighted by Crippen LogP contribution is 2.67. The summed E-state index contributed by atoms with van der Waals surface area (Å²) in [6.07, 6.45) is 10.4. The highest BCUT2D eigenvalue weighted by Gasteiger charge is 2.54. The average Bonchev–Trinajstić information content (AvgIpc) is 1.49. The number of rotatable bonds is 8. The molecule has 4 aromatic heterocycles. The van der Waals surface area contributed by atoms with Crippen LogP contribution in [-0.2, 0) is 10.8 Å². The lowest BCUT2D eigenvalue weighted by molar-refractivity contribution is 0.615. The Morgan fingerprint density at radius 3 is 1.58 bits per heavy atom. The first kappa shape index (κ1) is 67.6. The Morgan fingerprint density at radius 1 is 0.364 bits per heavy atom. The van der Waals surface area contributed by atoms with Gasteiger partial charge in [-0.1, -0.05) is 351 Å². The second-order valence-electron chi connectivity index (χ2n) is 32.6. The summed E-state index contributed by atoms with van der Waals surface area (Å²) in [5.74, 6) is 2.90. The van der Waals surface area contributed by atoms with Crippen molar-refractivity contribution in [3.05, 3.63) is 425 Å². The molecule has 6 nitrogen and oxygen atoms in total. The first-order valence-corrected chi connectivity index (χ1v) is 42.7. The molecule has 0 fully saturated rings. The van der Waals surface area contributed by atoms with Gasteiger partial charge in [0, 0.05) is 79.8 Å². The summed E-state index contributed by atoms with van der Waals surface area (Å²) in [7, 11) is 0. The van der Waals surface area contributed by atoms with Gasteiger partial charge in [-0.15, -0.1) is 0 Å². The van der Waals surface area contributed by atoms with Crippen LogP contribution in [0, 0.1) is 12.8 Å². The number of pyridine rings is 1. The third-order valence-electron chi connectivity index (χ3n) is 26.3. The topological polar surface area (TPSA) is 61.4 Å². The number of allylic oxidation sites excluding steroid dienone is 8. The summed E-state index contributed by atoms with van der Waals surface area (Å²) < 4.78 is 5.14. The van der Waals surface area contributed by atoms with E-state index < -0.39 is 10.8 Å². The number of hydrogen-bond acceptors (Lipinski definition) is 6. The Kier molecular flexibility index (Phi) is 14.8. The molecule has 118 heavy (non-hydrogen) atoms. The molecule has 15 aromatic carbocycles. The molecule has 0 radical (unpaired) electrons. The van der Waals surface area contributed by atoms with Crippen molar-refractivity contribution in [1.82, 2.24) is 29.1 Å². The quantitative estimate of drug-likeness (QED) is 0.151. The maximum Gasteiger partial charge on any atom is 0.164 e. The zero-order valence-electron chi connectivity index (χ0n) is 64.8. The molecule has 0 saturated heterocycles. The van der Waals surface area contributed by atoms with Crippen molar-refractivity contribution in [2.24, 2.45) is 5.92 Å². The highest BCUT2D eigenvalue weighted by atomic mass is 32.2. The third-order valence-corrected chi connectivity index (χ3v) is 28.7. The van der Waals surface area contributed by atoms with Crippen LogP contribution in [0.1, 0.15) is 81.8 Å². The normalized spacial score (nSPS) is 17.3. The molecule has 3 unspecified atom stereocenters. The molecule has 25 rings (SSSR count). The maximum atomic E-state index is 5.92. The molecule has 4 aliphatic carbocycles. The Labute approximate surface area is 691 Å². The fourth-order valence-corrected chi connectivity index (χ4v) is 23.9. The predicted molar refractivity (Wildman–Crippen MR) is 487 cm³/mol. The Bertz CT molecular complexity index is 7750. The Hall–Kier alpha value is -13.8. The second kappa shape index (κ2) is 25.9. The Morgan fingerprint density at radius 2 is 0.881 bits per heavy atom. The van der Waals surface area contributed by atoms with E-state index in [1.54, 1.807) is 0 Å². The van der Waals surface area contributed by atoms with Crippen LogP contribution in [0.5, 0.6) is 0 Å². The minimum Gasteiger partial charge on any atom is -0.307 e. The first-order chi connectivity index (χ1) is 58.3. The second-order valence-corrected chi connectivity index (χ2v) is 34.7. The summed E-state index contributed by atoms with van der Waals surface area (Å²) >= 11 is 3.85. The van der Waals surface area contributed by atoms with Gasteiger partial charge in [0.25, 0.3) is 0 Å². The summed E-state index contributed by atoms with van der Waals surface area (Å²) in [6.45, 7) is 4.58. The molecular formula is C110H72N6S2. The molecule has 0 amide bonds. The van der Waals surface area contributed by atoms with E-state index in [4.69, 9.17) is 19.9 Å². The van der Waals surface area contributed by atoms with Gasteiger partial charge < -0.3 is 4.57 Å². The van der Waals surface area contributed by atoms with Gasteiger partial charge >= 0.3 is 0 Å². The zero-order valence-corrected chi connectivity index (χ0v) is 66.4. The Balaban J connectivity index is 0.675. The smallest absolute Gasteiger partial charge is 0.164 e. The third kappa shape index (κ3) is 9.67. The van der Waals surface area contributed by atoms with Crippen LogP contribution in [0.4, 0.5) is 0 Å². The lowest BCUT2D eigenvalue weighted by Crippen LogP contribution is -2.34. The van der Waals surface area contributed by atoms with Crippen molar-refractivity contribution in [2.75, 3.05) is 0 Å². The molecule has 0 N–H and O–H groups in total. The lowest BCUT2D eigenvalue weighted by atomic mass is 9.63. The van der Waals surface area contributed by atoms with E-state index >= 15 is 0 Å². The van der Waals surface area contributed by atoms with Crippen LogP contribution in [0.25, 0.3) is 150 Å². The van der Waals surface area contributed by atoms with Gasteiger partial charge in [-0.05, 0) is 174 Å². The lowest BCUT2D eigenvalue weighted by Gasteiger charge is -2.42. The van der Waals surface area contributed by atoms with Crippen LogP contribution in [-0.4, -0.2) is 29.1 Å². The SMILES string of the molecule is Cc1ccc(-c2nc(-c3ccccc3)nc(-c3cccc(-n4c5c6c(ccc5c5ccc7ccccc7c54)C4(C5=C(C=C(c7cccc(-c8cc(-c9ccccc9)nc(-n9c%10c%11c(ccc%10c%10ccc%12ccccc%12c%109)C9(C%10=C(CCC=C%10)c%10ccccc%109)c9ccccc9S%11)c8)c7)C(C)C5)c5ccccc54)c4ccccc4S6)c3)n2)cc1. The van der Waals surface area contributed by atoms with Crippen molar-refractivity contribution in [1.29, 1.82) is 0 Å². The van der Waals surface area contributed by atoms with Crippen LogP contribution >= 0.6 is 23.5 Å². The minimum absolute atomic E-state index is 0.137. The molecular weight excluding hydrogens is 1470 g/mol. The fraction of sp³-hybridized carbons (Fsp3) is 0.0727. The fourth-order valence-electron chi connectivity index (χ4n) is 21.3. The minimum atomic E-state index is -0.623. The van der Waals surface area contributed by atoms with Gasteiger partial charge in [0.05, 0.1) is 38.6 Å². The van der Waals surface area contributed by atoms with Crippen molar-refractivity contribution >= 4 is 105 Å². The number of aromatic nitrogens is 6. The van der Waals surface area contributed by atoms with Crippen molar-refractivity contribution in [3.8, 4) is 68.1 Å². The van der Waals surface area contributed by atoms with Crippen molar-refractivity contribution in [2.45, 2.75) is 63.5 Å². The number of nitrogens with zero attached hydrogens (tertiary/aromatic N) is 6. The molecule has 6 heterocycles. The summed E-state index contributed by atoms with van der Waals surface area (Å²) in [5.41, 5.74) is 31.6. The molecule has 2 aliphatic heterocycles. The number of hydrogen-bond donors (Lipinski definition) is 0. The summed E-state index contributed by atoms with van der Waals surface area (Å²) in [6, 6.07) is 127. The van der Waals surface area contributed by atoms with Crippen LogP contribution < -0.4 is 0 Å². The molecule has 19 aromatic rings. The van der Waals surface area contributed by atoms with Gasteiger partial charge in [0.15, 0.2) is 17.5 Å². The van der Waals surface area contributed by atoms with E-state index in [0.29, 0.717) is 17.5 Å². The van der Waals surface area contributed by atoms with Crippen LogP contribution in [0.2, 0.25) is 0 Å². The van der Waals surface area contributed by atoms with Gasteiger partial charge in [-0.3, -0.25) is 4.57 Å². The predicted octanol–water partition coefficient (Wildman–Crippen LogP) is 28.0. The van der Waals surface area contributed by atoms with Crippen molar-refractivity contribution in [3.63, 3.8) is 0 Å². The largest absolute Gasteiger partial charge is 0.307 e. The van der Waals surface area contributed by atoms with E-state index in [1.165, 1.54) is 163 Å². The monoisotopic (exact) mass is 1540 g/mol. The van der Waals surface area contributed by atoms with Crippen LogP contribution in [0.15, 0.2) is 389 Å². The van der Waals surface area contributed by atoms with Crippen molar-refractivity contribution < 1.29 is 0 Å². The number of fused-ring (bicyclic) bond motifs is 28. The molecule has 554 valence electrons. The van der Waals surface area contributed by atoms with Gasteiger partial charge in [0.1, 0.15) is 5.82 Å². The molecule has 0 saturated carbocycles. The van der Waals surface area contributed by atoms with E-state index in [9.17, 15) is 0 Å². The first-order valence-electron chi connectivity index (χ1n) is 41.1. The van der Waals surface area contributed by atoms with E-state index in [0.717, 1.165) is 75.4 Å². The van der Waals surface area contributed by atoms with Crippen LogP contribution in [0.3, 0.4) is 0 Å². The molecule has 2 spiro atoms. The summed E-state index contributed by atoms with van der Waals surface area (Å²) in [5, 5.41) is 9.61. The zero-order chi connectivity index (χ0) is 77.6. The van der Waals surface area contributed by atoms with E-state index in [-0.39, 0.29) is 5.92 Å². The standard InChI is InChI=1S/C110H72N6S2/c1-65-47-49-71(50-48-65)107-112-106(70-29-7-4-8-30-70)113-108(114-107)74-33-24-34-76(61-74)115-100-77-35-11-9-25-67(77)51-53-82(100)84-55-58-94-104(102(84)115)117-98-46-22-20-44-92(98)110(94)90-42-18-15-39-81(90)87-64-86(66(2)59-95(87)110)73-32-23-31-72(60-73)75-62-96(69-27-5-3-6-28-69)111-99(63-75)116-101-78-36-12-10-26-68(78)52-54-83(101)85-56-57-93-105(103(85)116)118-97-45-21-19-43-91(97)109(93)88-40-16-13-37-79(88)80-38-14-17-41-89(80)109/h3-13,15-37,39-58,60-64,66H,14,38,59H2,1-2H3. The van der Waals surface area contributed by atoms with Gasteiger partial charge in [-0.2, -0.15) is 0 Å². The number of aryl methyl sites for hydroxylation is 1. The molecule has 8 heteroatoms. The average molecular weight is 1540 g/mol. The molecule has 0 bridgehead atoms. The molecule has 6 aliphatic rings. The number of benzene rings is 15. The van der Waals surface area contributed by atoms with Gasteiger partial charge in [-0.25, -0.2) is 19.9 Å². The van der Waals surface area contributed by atoms with E-state index in [1.807, 2.05) is 41.7 Å². The molecule has 3 atom stereocenters. The highest BCUT2D eigenvalue weighted by molar-refractivity contribution is 8.00. The summed E-state index contributed by atoms with van der Waals surface area (Å²) in [4.78, 5) is 26.7. The van der Waals surface area contributed by atoms with E-state index in [2.05, 4.69) is 363 Å². The maximum absolute atomic E-state index is 5.92. The van der Waals surface area contributed by atoms with Gasteiger partial charge in [0.2, 0.25) is 0 Å².